The SMILES string of the molecule is OCC1O[C@H](Sc2cc(Cl)c(Cl)cc2Cl)C(O)[C@@H](n2cc(-c3cc(F)c(F)c(F)c3)nn2)[C@H]1O. The second-order valence-electron chi connectivity index (χ2n) is 7.35. The van der Waals surface area contributed by atoms with E-state index in [4.69, 9.17) is 39.5 Å². The molecule has 34 heavy (non-hydrogen) atoms. The minimum atomic E-state index is -1.63. The van der Waals surface area contributed by atoms with Crippen LogP contribution in [0.4, 0.5) is 13.2 Å². The van der Waals surface area contributed by atoms with Gasteiger partial charge in [-0.25, -0.2) is 17.9 Å². The average Bonchev–Trinajstić information content (AvgIpc) is 3.27. The highest BCUT2D eigenvalue weighted by Crippen LogP contribution is 2.42. The van der Waals surface area contributed by atoms with Gasteiger partial charge in [0.15, 0.2) is 17.5 Å². The third-order valence-corrected chi connectivity index (χ3v) is 7.52. The Morgan fingerprint density at radius 3 is 2.26 bits per heavy atom. The molecular weight excluding hydrogens is 542 g/mol. The molecule has 5 atom stereocenters. The summed E-state index contributed by atoms with van der Waals surface area (Å²) in [6, 6.07) is 3.20. The number of nitrogens with zero attached hydrogens (tertiary/aromatic N) is 3. The van der Waals surface area contributed by atoms with Crippen molar-refractivity contribution in [2.45, 2.75) is 34.7 Å². The van der Waals surface area contributed by atoms with Crippen molar-refractivity contribution in [3.05, 3.63) is 63.0 Å². The zero-order valence-corrected chi connectivity index (χ0v) is 19.8. The summed E-state index contributed by atoms with van der Waals surface area (Å²) >= 11 is 19.2. The van der Waals surface area contributed by atoms with Crippen LogP contribution in [0.2, 0.25) is 15.1 Å². The first-order valence-corrected chi connectivity index (χ1v) is 11.6. The molecule has 0 aliphatic carbocycles. The molecule has 1 saturated heterocycles. The van der Waals surface area contributed by atoms with Crippen molar-refractivity contribution in [2.24, 2.45) is 0 Å². The fraction of sp³-hybridized carbons (Fsp3) is 0.300. The summed E-state index contributed by atoms with van der Waals surface area (Å²) in [5.74, 6) is -4.45. The van der Waals surface area contributed by atoms with Crippen LogP contribution in [0.1, 0.15) is 6.04 Å². The summed E-state index contributed by atoms with van der Waals surface area (Å²) in [6.45, 7) is -0.591. The molecule has 0 amide bonds. The van der Waals surface area contributed by atoms with Crippen LogP contribution in [-0.4, -0.2) is 60.7 Å². The summed E-state index contributed by atoms with van der Waals surface area (Å²) in [5, 5.41) is 39.7. The number of rotatable bonds is 5. The monoisotopic (exact) mass is 555 g/mol. The van der Waals surface area contributed by atoms with Crippen LogP contribution in [0.3, 0.4) is 0 Å². The van der Waals surface area contributed by atoms with Gasteiger partial charge in [-0.1, -0.05) is 51.8 Å². The van der Waals surface area contributed by atoms with Gasteiger partial charge in [0.2, 0.25) is 0 Å². The van der Waals surface area contributed by atoms with E-state index in [2.05, 4.69) is 10.3 Å². The maximum atomic E-state index is 13.6. The molecule has 0 bridgehead atoms. The van der Waals surface area contributed by atoms with Crippen LogP contribution >= 0.6 is 46.6 Å². The topological polar surface area (TPSA) is 101 Å². The van der Waals surface area contributed by atoms with E-state index in [1.807, 2.05) is 0 Å². The van der Waals surface area contributed by atoms with Gasteiger partial charge in [0.1, 0.15) is 35.5 Å². The first kappa shape index (κ1) is 25.5. The Bertz CT molecular complexity index is 1200. The molecule has 3 aromatic rings. The van der Waals surface area contributed by atoms with E-state index in [9.17, 15) is 28.5 Å². The summed E-state index contributed by atoms with van der Waals surface area (Å²) < 4.78 is 47.3. The highest BCUT2D eigenvalue weighted by molar-refractivity contribution is 8.00. The molecule has 182 valence electrons. The number of thioether (sulfide) groups is 1. The van der Waals surface area contributed by atoms with Crippen LogP contribution < -0.4 is 0 Å². The maximum absolute atomic E-state index is 13.6. The molecule has 2 heterocycles. The molecule has 0 saturated carbocycles. The quantitative estimate of drug-likeness (QED) is 0.321. The van der Waals surface area contributed by atoms with E-state index >= 15 is 0 Å². The lowest BCUT2D eigenvalue weighted by Gasteiger charge is -2.41. The first-order chi connectivity index (χ1) is 16.1. The molecule has 0 spiro atoms. The molecule has 2 unspecified atom stereocenters. The van der Waals surface area contributed by atoms with Gasteiger partial charge in [-0.15, -0.1) is 5.10 Å². The number of ether oxygens (including phenoxy) is 1. The predicted octanol–water partition coefficient (Wildman–Crippen LogP) is 4.10. The molecule has 14 heteroatoms. The fourth-order valence-electron chi connectivity index (χ4n) is 3.46. The molecule has 7 nitrogen and oxygen atoms in total. The van der Waals surface area contributed by atoms with Gasteiger partial charge in [0.25, 0.3) is 0 Å². The third kappa shape index (κ3) is 4.89. The number of aliphatic hydroxyl groups is 3. The highest BCUT2D eigenvalue weighted by Gasteiger charge is 2.46. The second kappa shape index (κ2) is 10.2. The molecular formula is C20H15Cl3F3N3O4S. The Morgan fingerprint density at radius 1 is 0.971 bits per heavy atom. The molecule has 3 N–H and O–H groups in total. The fourth-order valence-corrected chi connectivity index (χ4v) is 5.31. The van der Waals surface area contributed by atoms with Crippen molar-refractivity contribution in [3.8, 4) is 11.3 Å². The predicted molar refractivity (Wildman–Crippen MR) is 119 cm³/mol. The number of aromatic nitrogens is 3. The zero-order chi connectivity index (χ0) is 24.7. The molecule has 0 radical (unpaired) electrons. The van der Waals surface area contributed by atoms with Gasteiger partial charge in [-0.05, 0) is 24.3 Å². The summed E-state index contributed by atoms with van der Waals surface area (Å²) in [7, 11) is 0. The van der Waals surface area contributed by atoms with E-state index in [0.29, 0.717) is 4.90 Å². The lowest BCUT2D eigenvalue weighted by Crippen LogP contribution is -2.55. The standard InChI is InChI=1S/C20H15Cl3F3N3O4S/c21-8-3-10(23)15(4-9(8)22)34-20-19(32)17(18(31)14(6-30)33-20)29-5-13(27-28-29)7-1-11(24)16(26)12(25)2-7/h1-5,14,17-20,30-32H,6H2/t14?,17-,18-,19?,20+/m0/s1. The summed E-state index contributed by atoms with van der Waals surface area (Å²) in [4.78, 5) is 0.420. The van der Waals surface area contributed by atoms with Gasteiger partial charge >= 0.3 is 0 Å². The van der Waals surface area contributed by atoms with E-state index in [1.165, 1.54) is 18.3 Å². The van der Waals surface area contributed by atoms with Crippen LogP contribution in [0.5, 0.6) is 0 Å². The lowest BCUT2D eigenvalue weighted by atomic mass is 9.97. The zero-order valence-electron chi connectivity index (χ0n) is 16.7. The van der Waals surface area contributed by atoms with Gasteiger partial charge in [0, 0.05) is 10.5 Å². The van der Waals surface area contributed by atoms with Gasteiger partial charge in [-0.2, -0.15) is 0 Å². The van der Waals surface area contributed by atoms with Crippen LogP contribution in [0.25, 0.3) is 11.3 Å². The Kier molecular flexibility index (Phi) is 7.65. The lowest BCUT2D eigenvalue weighted by molar-refractivity contribution is -0.178. The third-order valence-electron chi connectivity index (χ3n) is 5.16. The van der Waals surface area contributed by atoms with Gasteiger partial charge in [0.05, 0.1) is 27.9 Å². The average molecular weight is 557 g/mol. The largest absolute Gasteiger partial charge is 0.394 e. The van der Waals surface area contributed by atoms with Crippen LogP contribution in [0.15, 0.2) is 35.4 Å². The summed E-state index contributed by atoms with van der Waals surface area (Å²) in [5.41, 5.74) is -1.19. The Hall–Kier alpha value is -1.57. The number of benzene rings is 2. The van der Waals surface area contributed by atoms with E-state index in [1.54, 1.807) is 0 Å². The maximum Gasteiger partial charge on any atom is 0.194 e. The van der Waals surface area contributed by atoms with Crippen molar-refractivity contribution in [1.82, 2.24) is 15.0 Å². The summed E-state index contributed by atoms with van der Waals surface area (Å²) in [6.07, 6.45) is -2.75. The van der Waals surface area contributed by atoms with Crippen molar-refractivity contribution in [2.75, 3.05) is 6.61 Å². The number of hydrogen-bond acceptors (Lipinski definition) is 7. The van der Waals surface area contributed by atoms with Crippen molar-refractivity contribution < 1.29 is 33.2 Å². The normalized spacial score (nSPS) is 25.0. The molecule has 1 aromatic heterocycles. The molecule has 1 aliphatic rings. The Labute approximate surface area is 210 Å². The van der Waals surface area contributed by atoms with E-state index in [0.717, 1.165) is 28.6 Å². The minimum Gasteiger partial charge on any atom is -0.394 e. The number of hydrogen-bond donors (Lipinski definition) is 3. The van der Waals surface area contributed by atoms with Gasteiger partial charge in [-0.3, -0.25) is 0 Å². The highest BCUT2D eigenvalue weighted by atomic mass is 35.5. The number of aliphatic hydroxyl groups excluding tert-OH is 3. The van der Waals surface area contributed by atoms with E-state index in [-0.39, 0.29) is 26.3 Å². The smallest absolute Gasteiger partial charge is 0.194 e. The van der Waals surface area contributed by atoms with Gasteiger partial charge < -0.3 is 20.1 Å². The molecule has 4 rings (SSSR count). The molecule has 2 aromatic carbocycles. The van der Waals surface area contributed by atoms with Crippen LogP contribution in [-0.2, 0) is 4.74 Å². The van der Waals surface area contributed by atoms with Crippen molar-refractivity contribution in [3.63, 3.8) is 0 Å². The number of halogens is 6. The van der Waals surface area contributed by atoms with E-state index < -0.39 is 53.8 Å². The Balaban J connectivity index is 1.65. The molecule has 1 fully saturated rings. The van der Waals surface area contributed by atoms with Crippen LogP contribution in [0, 0.1) is 17.5 Å². The first-order valence-electron chi connectivity index (χ1n) is 9.61. The minimum absolute atomic E-state index is 0.0408. The second-order valence-corrected chi connectivity index (χ2v) is 9.71. The van der Waals surface area contributed by atoms with Crippen molar-refractivity contribution in [1.29, 1.82) is 0 Å². The van der Waals surface area contributed by atoms with Crippen molar-refractivity contribution >= 4 is 46.6 Å². The Morgan fingerprint density at radius 2 is 1.62 bits per heavy atom. The molecule has 1 aliphatic heterocycles.